The fraction of sp³-hybridized carbons (Fsp3) is 0.538. The van der Waals surface area contributed by atoms with Crippen LogP contribution in [0, 0.1) is 19.8 Å². The molecule has 0 fully saturated rings. The van der Waals surface area contributed by atoms with E-state index >= 15 is 0 Å². The molecular weight excluding hydrogens is 186 g/mol. The molecule has 0 aromatic heterocycles. The first-order valence-electron chi connectivity index (χ1n) is 5.50. The van der Waals surface area contributed by atoms with Gasteiger partial charge < -0.3 is 10.5 Å². The first-order valence-corrected chi connectivity index (χ1v) is 5.50. The second-order valence-electron chi connectivity index (χ2n) is 4.51. The third kappa shape index (κ3) is 3.46. The summed E-state index contributed by atoms with van der Waals surface area (Å²) in [6, 6.07) is 3.99. The van der Waals surface area contributed by atoms with Crippen LogP contribution in [-0.4, -0.2) is 6.61 Å². The molecule has 2 nitrogen and oxygen atoms in total. The van der Waals surface area contributed by atoms with Gasteiger partial charge in [-0.05, 0) is 37.3 Å². The molecule has 0 amide bonds. The summed E-state index contributed by atoms with van der Waals surface area (Å²) in [7, 11) is 0. The number of rotatable bonds is 4. The molecule has 2 N–H and O–H groups in total. The Kier molecular flexibility index (Phi) is 4.01. The quantitative estimate of drug-likeness (QED) is 0.769. The average molecular weight is 207 g/mol. The molecule has 2 heteroatoms. The molecule has 0 atom stereocenters. The highest BCUT2D eigenvalue weighted by Crippen LogP contribution is 2.24. The Balaban J connectivity index is 2.65. The molecule has 0 aliphatic rings. The van der Waals surface area contributed by atoms with E-state index in [-0.39, 0.29) is 0 Å². The molecule has 1 aromatic carbocycles. The molecule has 0 heterocycles. The number of benzene rings is 1. The van der Waals surface area contributed by atoms with Crippen molar-refractivity contribution in [3.05, 3.63) is 23.3 Å². The molecule has 0 unspecified atom stereocenters. The minimum absolute atomic E-state index is 0.674. The van der Waals surface area contributed by atoms with Crippen LogP contribution in [0.4, 0.5) is 5.69 Å². The zero-order valence-corrected chi connectivity index (χ0v) is 10.1. The fourth-order valence-corrected chi connectivity index (χ4v) is 1.41. The lowest BCUT2D eigenvalue weighted by Gasteiger charge is -2.12. The van der Waals surface area contributed by atoms with Gasteiger partial charge in [-0.2, -0.15) is 0 Å². The minimum atomic E-state index is 0.674. The van der Waals surface area contributed by atoms with Crippen LogP contribution in [0.5, 0.6) is 5.75 Å². The van der Waals surface area contributed by atoms with E-state index in [9.17, 15) is 0 Å². The van der Waals surface area contributed by atoms with Crippen molar-refractivity contribution in [1.29, 1.82) is 0 Å². The molecule has 0 spiro atoms. The maximum absolute atomic E-state index is 5.84. The number of aryl methyl sites for hydroxylation is 2. The van der Waals surface area contributed by atoms with Crippen molar-refractivity contribution < 1.29 is 4.74 Å². The van der Waals surface area contributed by atoms with Crippen molar-refractivity contribution >= 4 is 5.69 Å². The predicted octanol–water partition coefficient (Wildman–Crippen LogP) is 3.31. The summed E-state index contributed by atoms with van der Waals surface area (Å²) in [6.45, 7) is 9.22. The Bertz CT molecular complexity index is 332. The molecule has 0 aliphatic carbocycles. The third-order valence-corrected chi connectivity index (χ3v) is 2.52. The molecule has 1 aromatic rings. The number of nitrogens with two attached hydrogens (primary N) is 1. The maximum atomic E-state index is 5.84. The monoisotopic (exact) mass is 207 g/mol. The van der Waals surface area contributed by atoms with Gasteiger partial charge in [-0.15, -0.1) is 0 Å². The number of anilines is 1. The molecule has 84 valence electrons. The van der Waals surface area contributed by atoms with E-state index in [4.69, 9.17) is 10.5 Å². The lowest BCUT2D eigenvalue weighted by atomic mass is 10.1. The summed E-state index contributed by atoms with van der Waals surface area (Å²) < 4.78 is 5.70. The molecule has 1 rings (SSSR count). The molecule has 0 aliphatic heterocycles. The van der Waals surface area contributed by atoms with Crippen LogP contribution in [0.3, 0.4) is 0 Å². The van der Waals surface area contributed by atoms with Crippen molar-refractivity contribution in [3.63, 3.8) is 0 Å². The van der Waals surface area contributed by atoms with Gasteiger partial charge in [0.05, 0.1) is 6.61 Å². The van der Waals surface area contributed by atoms with Gasteiger partial charge in [0.25, 0.3) is 0 Å². The van der Waals surface area contributed by atoms with E-state index in [1.165, 1.54) is 0 Å². The van der Waals surface area contributed by atoms with Crippen molar-refractivity contribution in [1.82, 2.24) is 0 Å². The van der Waals surface area contributed by atoms with Gasteiger partial charge in [-0.1, -0.05) is 19.9 Å². The second-order valence-corrected chi connectivity index (χ2v) is 4.51. The van der Waals surface area contributed by atoms with E-state index in [1.54, 1.807) is 0 Å². The number of ether oxygens (including phenoxy) is 1. The normalized spacial score (nSPS) is 10.7. The van der Waals surface area contributed by atoms with Crippen molar-refractivity contribution in [3.8, 4) is 5.75 Å². The second kappa shape index (κ2) is 5.06. The topological polar surface area (TPSA) is 35.2 Å². The molecule has 0 bridgehead atoms. The van der Waals surface area contributed by atoms with E-state index in [1.807, 2.05) is 13.0 Å². The highest BCUT2D eigenvalue weighted by molar-refractivity contribution is 5.54. The number of hydrogen-bond acceptors (Lipinski definition) is 2. The molecular formula is C13H21NO. The van der Waals surface area contributed by atoms with Crippen molar-refractivity contribution in [2.45, 2.75) is 34.1 Å². The largest absolute Gasteiger partial charge is 0.493 e. The third-order valence-electron chi connectivity index (χ3n) is 2.52. The van der Waals surface area contributed by atoms with E-state index in [2.05, 4.69) is 26.8 Å². The van der Waals surface area contributed by atoms with Crippen LogP contribution in [0.25, 0.3) is 0 Å². The summed E-state index contributed by atoms with van der Waals surface area (Å²) in [5.41, 5.74) is 8.92. The highest BCUT2D eigenvalue weighted by atomic mass is 16.5. The summed E-state index contributed by atoms with van der Waals surface area (Å²) in [5.74, 6) is 1.59. The molecule has 0 saturated carbocycles. The minimum Gasteiger partial charge on any atom is -0.493 e. The first kappa shape index (κ1) is 11.9. The zero-order valence-electron chi connectivity index (χ0n) is 10.1. The lowest BCUT2D eigenvalue weighted by Crippen LogP contribution is -2.03. The Morgan fingerprint density at radius 3 is 2.47 bits per heavy atom. The molecule has 0 saturated heterocycles. The maximum Gasteiger partial charge on any atom is 0.124 e. The van der Waals surface area contributed by atoms with Gasteiger partial charge >= 0.3 is 0 Å². The van der Waals surface area contributed by atoms with E-state index in [0.29, 0.717) is 5.92 Å². The van der Waals surface area contributed by atoms with E-state index < -0.39 is 0 Å². The highest BCUT2D eigenvalue weighted by Gasteiger charge is 2.03. The van der Waals surface area contributed by atoms with Crippen LogP contribution in [0.15, 0.2) is 12.1 Å². The Morgan fingerprint density at radius 1 is 1.20 bits per heavy atom. The average Bonchev–Trinajstić information content (AvgIpc) is 2.13. The zero-order chi connectivity index (χ0) is 11.4. The van der Waals surface area contributed by atoms with Crippen molar-refractivity contribution in [2.24, 2.45) is 5.92 Å². The standard InChI is InChI=1S/C13H21NO/c1-9(2)5-6-15-13-8-12(14)10(3)7-11(13)4/h7-9H,5-6,14H2,1-4H3. The van der Waals surface area contributed by atoms with Gasteiger partial charge in [-0.3, -0.25) is 0 Å². The molecule has 0 radical (unpaired) electrons. The summed E-state index contributed by atoms with van der Waals surface area (Å²) >= 11 is 0. The van der Waals surface area contributed by atoms with Crippen LogP contribution >= 0.6 is 0 Å². The fourth-order valence-electron chi connectivity index (χ4n) is 1.41. The van der Waals surface area contributed by atoms with Gasteiger partial charge in [0.15, 0.2) is 0 Å². The Morgan fingerprint density at radius 2 is 1.87 bits per heavy atom. The van der Waals surface area contributed by atoms with Gasteiger partial charge in [-0.25, -0.2) is 0 Å². The Hall–Kier alpha value is -1.18. The smallest absolute Gasteiger partial charge is 0.124 e. The summed E-state index contributed by atoms with van der Waals surface area (Å²) in [5, 5.41) is 0. The van der Waals surface area contributed by atoms with Crippen LogP contribution < -0.4 is 10.5 Å². The van der Waals surface area contributed by atoms with Crippen LogP contribution in [0.1, 0.15) is 31.4 Å². The van der Waals surface area contributed by atoms with Crippen LogP contribution in [0.2, 0.25) is 0 Å². The lowest BCUT2D eigenvalue weighted by molar-refractivity contribution is 0.288. The SMILES string of the molecule is Cc1cc(C)c(OCCC(C)C)cc1N. The van der Waals surface area contributed by atoms with E-state index in [0.717, 1.165) is 35.6 Å². The van der Waals surface area contributed by atoms with Crippen LogP contribution in [-0.2, 0) is 0 Å². The van der Waals surface area contributed by atoms with Gasteiger partial charge in [0.2, 0.25) is 0 Å². The van der Waals surface area contributed by atoms with Crippen molar-refractivity contribution in [2.75, 3.05) is 12.3 Å². The summed E-state index contributed by atoms with van der Waals surface area (Å²) in [6.07, 6.45) is 1.08. The number of nitrogen functional groups attached to an aromatic ring is 1. The van der Waals surface area contributed by atoms with Gasteiger partial charge in [0, 0.05) is 11.8 Å². The first-order chi connectivity index (χ1) is 7.00. The Labute approximate surface area is 92.4 Å². The summed E-state index contributed by atoms with van der Waals surface area (Å²) in [4.78, 5) is 0. The predicted molar refractivity (Wildman–Crippen MR) is 65.3 cm³/mol. The number of hydrogen-bond donors (Lipinski definition) is 1. The van der Waals surface area contributed by atoms with Gasteiger partial charge in [0.1, 0.15) is 5.75 Å². The molecule has 15 heavy (non-hydrogen) atoms.